The number of likely N-dealkylation sites (tertiary alicyclic amines) is 1. The lowest BCUT2D eigenvalue weighted by molar-refractivity contribution is 0.267. The second-order valence-corrected chi connectivity index (χ2v) is 5.06. The zero-order valence-corrected chi connectivity index (χ0v) is 10.8. The largest absolute Gasteiger partial charge is 0.325 e. The predicted molar refractivity (Wildman–Crippen MR) is 64.7 cm³/mol. The summed E-state index contributed by atoms with van der Waals surface area (Å²) in [5.41, 5.74) is 0. The minimum atomic E-state index is 0.988. The highest BCUT2D eigenvalue weighted by molar-refractivity contribution is 9.10. The zero-order chi connectivity index (χ0) is 10.7. The molecule has 3 nitrogen and oxygen atoms in total. The fourth-order valence-corrected chi connectivity index (χ4v) is 2.37. The van der Waals surface area contributed by atoms with Crippen molar-refractivity contribution in [1.82, 2.24) is 14.5 Å². The van der Waals surface area contributed by atoms with E-state index in [1.54, 1.807) is 0 Å². The summed E-state index contributed by atoms with van der Waals surface area (Å²) in [5, 5.41) is 0. The Morgan fingerprint density at radius 2 is 1.93 bits per heavy atom. The van der Waals surface area contributed by atoms with Crippen molar-refractivity contribution in [3.8, 4) is 0 Å². The summed E-state index contributed by atoms with van der Waals surface area (Å²) >= 11 is 3.48. The number of hydrogen-bond acceptors (Lipinski definition) is 2. The Labute approximate surface area is 99.6 Å². The predicted octanol–water partition coefficient (Wildman–Crippen LogP) is 2.56. The summed E-state index contributed by atoms with van der Waals surface area (Å²) in [7, 11) is 2.06. The molecule has 1 saturated heterocycles. The van der Waals surface area contributed by atoms with E-state index in [1.807, 2.05) is 6.20 Å². The van der Waals surface area contributed by atoms with Crippen LogP contribution in [0.4, 0.5) is 0 Å². The van der Waals surface area contributed by atoms with Gasteiger partial charge in [0.15, 0.2) is 0 Å². The highest BCUT2D eigenvalue weighted by Gasteiger charge is 2.12. The van der Waals surface area contributed by atoms with Crippen LogP contribution in [0.5, 0.6) is 0 Å². The maximum atomic E-state index is 4.41. The van der Waals surface area contributed by atoms with Crippen molar-refractivity contribution < 1.29 is 0 Å². The lowest BCUT2D eigenvalue weighted by atomic mass is 10.2. The maximum Gasteiger partial charge on any atom is 0.123 e. The number of rotatable bonds is 2. The lowest BCUT2D eigenvalue weighted by Gasteiger charge is -2.19. The number of nitrogens with zero attached hydrogens (tertiary/aromatic N) is 3. The SMILES string of the molecule is Cn1c(Br)cnc1CN1CCCCCC1. The summed E-state index contributed by atoms with van der Waals surface area (Å²) in [6, 6.07) is 0. The smallest absolute Gasteiger partial charge is 0.123 e. The Hall–Kier alpha value is -0.350. The molecule has 1 aliphatic rings. The van der Waals surface area contributed by atoms with Gasteiger partial charge in [-0.05, 0) is 41.9 Å². The maximum absolute atomic E-state index is 4.41. The van der Waals surface area contributed by atoms with Crippen LogP contribution in [0.15, 0.2) is 10.8 Å². The number of aromatic nitrogens is 2. The van der Waals surface area contributed by atoms with Crippen LogP contribution < -0.4 is 0 Å². The van der Waals surface area contributed by atoms with E-state index in [0.717, 1.165) is 17.0 Å². The van der Waals surface area contributed by atoms with Gasteiger partial charge in [-0.15, -0.1) is 0 Å². The van der Waals surface area contributed by atoms with Gasteiger partial charge in [-0.2, -0.15) is 0 Å². The van der Waals surface area contributed by atoms with Crippen LogP contribution in [0.25, 0.3) is 0 Å². The van der Waals surface area contributed by atoms with Gasteiger partial charge in [0.05, 0.1) is 12.7 Å². The molecule has 1 aliphatic heterocycles. The van der Waals surface area contributed by atoms with Crippen LogP contribution in [-0.4, -0.2) is 27.5 Å². The van der Waals surface area contributed by atoms with E-state index in [2.05, 4.69) is 37.4 Å². The first-order valence-electron chi connectivity index (χ1n) is 5.66. The van der Waals surface area contributed by atoms with Crippen LogP contribution in [0, 0.1) is 0 Å². The Bertz CT molecular complexity index is 314. The molecule has 0 atom stereocenters. The normalized spacial score (nSPS) is 19.1. The molecule has 15 heavy (non-hydrogen) atoms. The molecule has 1 aromatic rings. The third-order valence-electron chi connectivity index (χ3n) is 3.09. The van der Waals surface area contributed by atoms with E-state index in [1.165, 1.54) is 38.8 Å². The van der Waals surface area contributed by atoms with Gasteiger partial charge in [0.1, 0.15) is 10.4 Å². The van der Waals surface area contributed by atoms with Crippen molar-refractivity contribution in [3.63, 3.8) is 0 Å². The van der Waals surface area contributed by atoms with Crippen LogP contribution in [0.1, 0.15) is 31.5 Å². The molecule has 0 spiro atoms. The van der Waals surface area contributed by atoms with Crippen molar-refractivity contribution in [1.29, 1.82) is 0 Å². The molecule has 0 radical (unpaired) electrons. The Morgan fingerprint density at radius 3 is 2.47 bits per heavy atom. The molecule has 2 rings (SSSR count). The molecule has 0 aliphatic carbocycles. The van der Waals surface area contributed by atoms with E-state index < -0.39 is 0 Å². The van der Waals surface area contributed by atoms with Crippen LogP contribution in [0.3, 0.4) is 0 Å². The molecular formula is C11H18BrN3. The molecule has 2 heterocycles. The van der Waals surface area contributed by atoms with E-state index in [-0.39, 0.29) is 0 Å². The van der Waals surface area contributed by atoms with Gasteiger partial charge in [0.25, 0.3) is 0 Å². The molecule has 4 heteroatoms. The van der Waals surface area contributed by atoms with Gasteiger partial charge in [-0.3, -0.25) is 4.90 Å². The quantitative estimate of drug-likeness (QED) is 0.825. The number of hydrogen-bond donors (Lipinski definition) is 0. The topological polar surface area (TPSA) is 21.1 Å². The second-order valence-electron chi connectivity index (χ2n) is 4.25. The third-order valence-corrected chi connectivity index (χ3v) is 3.83. The number of imidazole rings is 1. The van der Waals surface area contributed by atoms with Crippen molar-refractivity contribution in [2.75, 3.05) is 13.1 Å². The molecule has 0 aromatic carbocycles. The summed E-state index contributed by atoms with van der Waals surface area (Å²) in [6.07, 6.45) is 7.34. The van der Waals surface area contributed by atoms with Gasteiger partial charge in [0.2, 0.25) is 0 Å². The monoisotopic (exact) mass is 271 g/mol. The molecule has 0 N–H and O–H groups in total. The average molecular weight is 272 g/mol. The molecular weight excluding hydrogens is 254 g/mol. The van der Waals surface area contributed by atoms with Crippen molar-refractivity contribution in [3.05, 3.63) is 16.6 Å². The zero-order valence-electron chi connectivity index (χ0n) is 9.25. The van der Waals surface area contributed by atoms with Gasteiger partial charge in [-0.1, -0.05) is 12.8 Å². The van der Waals surface area contributed by atoms with Crippen LogP contribution in [-0.2, 0) is 13.6 Å². The standard InChI is InChI=1S/C11H18BrN3/c1-14-10(12)8-13-11(14)9-15-6-4-2-3-5-7-15/h8H,2-7,9H2,1H3. The Kier molecular flexibility index (Phi) is 3.81. The molecule has 0 saturated carbocycles. The Morgan fingerprint density at radius 1 is 1.27 bits per heavy atom. The van der Waals surface area contributed by atoms with Gasteiger partial charge < -0.3 is 4.57 Å². The fourth-order valence-electron chi connectivity index (χ4n) is 2.07. The molecule has 1 aromatic heterocycles. The fraction of sp³-hybridized carbons (Fsp3) is 0.727. The third kappa shape index (κ3) is 2.82. The van der Waals surface area contributed by atoms with Crippen LogP contribution in [0.2, 0.25) is 0 Å². The highest BCUT2D eigenvalue weighted by atomic mass is 79.9. The average Bonchev–Trinajstić information content (AvgIpc) is 2.50. The summed E-state index contributed by atoms with van der Waals surface area (Å²) in [5.74, 6) is 1.16. The van der Waals surface area contributed by atoms with Crippen molar-refractivity contribution >= 4 is 15.9 Å². The number of halogens is 1. The molecule has 1 fully saturated rings. The molecule has 0 unspecified atom stereocenters. The summed E-state index contributed by atoms with van der Waals surface area (Å²) < 4.78 is 3.18. The minimum absolute atomic E-state index is 0.988. The van der Waals surface area contributed by atoms with E-state index in [0.29, 0.717) is 0 Å². The molecule has 0 amide bonds. The van der Waals surface area contributed by atoms with Crippen molar-refractivity contribution in [2.45, 2.75) is 32.2 Å². The first-order chi connectivity index (χ1) is 7.27. The first-order valence-corrected chi connectivity index (χ1v) is 6.45. The molecule has 84 valence electrons. The molecule has 0 bridgehead atoms. The first kappa shape index (κ1) is 11.1. The van der Waals surface area contributed by atoms with Crippen LogP contribution >= 0.6 is 15.9 Å². The van der Waals surface area contributed by atoms with Gasteiger partial charge in [-0.25, -0.2) is 4.98 Å². The minimum Gasteiger partial charge on any atom is -0.325 e. The lowest BCUT2D eigenvalue weighted by Crippen LogP contribution is -2.25. The summed E-state index contributed by atoms with van der Waals surface area (Å²) in [4.78, 5) is 6.93. The highest BCUT2D eigenvalue weighted by Crippen LogP contribution is 2.15. The van der Waals surface area contributed by atoms with Gasteiger partial charge >= 0.3 is 0 Å². The van der Waals surface area contributed by atoms with Crippen molar-refractivity contribution in [2.24, 2.45) is 7.05 Å². The van der Waals surface area contributed by atoms with E-state index in [9.17, 15) is 0 Å². The van der Waals surface area contributed by atoms with E-state index in [4.69, 9.17) is 0 Å². The van der Waals surface area contributed by atoms with Gasteiger partial charge in [0, 0.05) is 7.05 Å². The summed E-state index contributed by atoms with van der Waals surface area (Å²) in [6.45, 7) is 3.44. The Balaban J connectivity index is 1.98. The van der Waals surface area contributed by atoms with E-state index >= 15 is 0 Å². The second kappa shape index (κ2) is 5.12.